The third-order valence-corrected chi connectivity index (χ3v) is 27.7. The number of benzene rings is 2. The summed E-state index contributed by atoms with van der Waals surface area (Å²) >= 11 is 2.79. The van der Waals surface area contributed by atoms with Crippen LogP contribution in [0.15, 0.2) is 54.7 Å². The molecule has 4 saturated heterocycles. The van der Waals surface area contributed by atoms with Gasteiger partial charge < -0.3 is 160 Å². The van der Waals surface area contributed by atoms with Gasteiger partial charge >= 0.3 is 5.97 Å². The lowest BCUT2D eigenvalue weighted by Gasteiger charge is -2.42. The number of aromatic nitrogens is 1. The first-order chi connectivity index (χ1) is 71.2. The highest BCUT2D eigenvalue weighted by atomic mass is 32.2. The number of thioether (sulfide) groups is 3. The largest absolute Gasteiger partial charge is 0.480 e. The summed E-state index contributed by atoms with van der Waals surface area (Å²) in [5, 5.41) is 95.4. The fraction of sp³-hybridized carbons (Fsp3) is 0.602. The number of nitrogens with two attached hydrogens (primary N) is 7. The number of nitrogens with zero attached hydrogens (tertiary/aromatic N) is 4. The van der Waals surface area contributed by atoms with E-state index >= 15 is 67.1 Å². The van der Waals surface area contributed by atoms with E-state index in [2.05, 4.69) is 95.4 Å². The number of amides is 17. The Morgan fingerprint density at radius 2 is 0.920 bits per heavy atom. The number of primary amides is 1. The second kappa shape index (κ2) is 62.9. The van der Waals surface area contributed by atoms with Crippen LogP contribution < -0.4 is 131 Å². The number of aliphatic carboxylic acids is 1. The molecule has 4 fully saturated rings. The molecule has 57 heteroatoms. The fourth-order valence-electron chi connectivity index (χ4n) is 16.7. The van der Waals surface area contributed by atoms with Gasteiger partial charge in [0.05, 0.1) is 26.0 Å². The van der Waals surface area contributed by atoms with Crippen LogP contribution in [0.4, 0.5) is 4.39 Å². The van der Waals surface area contributed by atoms with Gasteiger partial charge in [-0.3, -0.25) is 109 Å². The van der Waals surface area contributed by atoms with Crippen LogP contribution in [0.1, 0.15) is 161 Å². The molecule has 4 bridgehead atoms. The van der Waals surface area contributed by atoms with Gasteiger partial charge in [0.15, 0.2) is 29.8 Å². The van der Waals surface area contributed by atoms with E-state index in [1.165, 1.54) is 31.7 Å². The molecule has 38 N–H and O–H groups in total. The van der Waals surface area contributed by atoms with Crippen molar-refractivity contribution < 1.29 is 95.8 Å². The average molecular weight is 2160 g/mol. The van der Waals surface area contributed by atoms with Gasteiger partial charge in [-0.2, -0.15) is 35.3 Å². The molecule has 0 aliphatic carbocycles. The van der Waals surface area contributed by atoms with Gasteiger partial charge in [0.25, 0.3) is 0 Å². The Morgan fingerprint density at radius 3 is 1.43 bits per heavy atom. The van der Waals surface area contributed by atoms with Gasteiger partial charge in [-0.15, -0.1) is 0 Å². The van der Waals surface area contributed by atoms with Crippen LogP contribution in [-0.4, -0.2) is 344 Å². The molecule has 4 aliphatic rings. The molecule has 828 valence electrons. The molecule has 150 heavy (non-hydrogen) atoms. The van der Waals surface area contributed by atoms with Crippen LogP contribution >= 0.6 is 35.3 Å². The van der Waals surface area contributed by atoms with Crippen LogP contribution in [0.25, 0.3) is 10.9 Å². The zero-order valence-corrected chi connectivity index (χ0v) is 87.1. The van der Waals surface area contributed by atoms with Crippen molar-refractivity contribution in [2.75, 3.05) is 93.8 Å². The number of nitrogens with one attached hydrogen (secondary N) is 23. The first kappa shape index (κ1) is 123. The molecular weight excluding hydrogens is 2010 g/mol. The number of carbonyl (C=O) groups is 18. The standard InChI is InChI=1S/C93H147FN34O19S3/c1-50(2)39-63-81(139)113-61(19-11-34-111-93(105)106)79(137)123-68(83(141)116-60(18-10-33-110-92(103)104)78(136)121-66(88(146)147)42-53-43-112-57-15-6-5-13-55(53)57)45-149-37-28-73(131)126-47-125-48-127(49-126)74(132)29-38-150-46-69(84(142)115-58(16-8-31-108-90(99)100)76(134)117-62(80(138)118-63)25-26-71(96)129)124-86(144)70-20-12-35-128(70)87(145)65(40-51(3)4)120-77(135)59(17-9-32-109-91(101)102)114-82(140)64(41-52-21-23-54(94)24-22-52)119-85(143)67(44-148-36-27-72(125)130)122-75(133)56(95)14-7-30-107-89(97)98/h5-6,13,15,21-24,43,50-51,56,58-70,112H,7-12,14,16-20,25-42,44-49,95H2,1-4H3,(H2,96,129)(H,113,139)(H,114,140)(H,115,142)(H,116,141)(H,117,134)(H,118,138)(H,119,143)(H,120,135)(H,121,136)(H,122,133)(H,123,137)(H,124,144)(H,146,147)(H4,97,98,107)(H4,99,100,108)(H4,101,102,109)(H4,103,104,110)(H4,105,106,111)/t56-,58-,59-,60-,61-,62-,63-,64-,65-,66-,67-,68-,69-,70-/m0/s1. The number of H-pyrrole nitrogens is 1. The molecule has 1 aromatic heterocycles. The summed E-state index contributed by atoms with van der Waals surface area (Å²) < 4.78 is 14.7. The molecule has 53 nitrogen and oxygen atoms in total. The lowest BCUT2D eigenvalue weighted by atomic mass is 10.0. The quantitative estimate of drug-likeness (QED) is 0.0144. The van der Waals surface area contributed by atoms with Crippen molar-refractivity contribution in [1.29, 1.82) is 27.0 Å². The van der Waals surface area contributed by atoms with E-state index in [9.17, 15) is 28.7 Å². The number of aromatic amines is 1. The maximum Gasteiger partial charge on any atom is 0.326 e. The topological polar surface area (TPSA) is 862 Å². The Balaban J connectivity index is 1.38. The van der Waals surface area contributed by atoms with E-state index in [0.717, 1.165) is 47.4 Å². The van der Waals surface area contributed by atoms with Crippen molar-refractivity contribution in [2.24, 2.45) is 52.0 Å². The molecule has 4 aliphatic heterocycles. The maximum absolute atomic E-state index is 15.5. The second-order valence-corrected chi connectivity index (χ2v) is 41.1. The number of hydrogen-bond donors (Lipinski definition) is 31. The SMILES string of the molecule is CC(C)C[C@@H]1NC(=O)[C@H](CCC(N)=O)NC(=O)[C@H](CCCNC(=N)N)NC(=O)[C@@H]2CSCCC(=O)N3CN(CN(C3)C(=O)CCSC[C@H](NC(=O)[C@@H](N)CCCNC(=N)N)C(=O)N[C@@H](Cc3ccc(F)cc3)C(=O)N[C@@H](CCCNC(=N)N)C(=O)N[C@@H](CC(C)C)C(=O)N3CCC[C@H]3C(=O)N2)C(=O)CCSC[C@@H](C(=O)N[C@@H](CCCNC(=N)N)C(=O)N[C@@H](Cc2c[nH]c3ccccc23)C(=O)O)NC(=O)[C@H](CCCNC(=N)N)NC1=O. The highest BCUT2D eigenvalue weighted by molar-refractivity contribution is 7.99. The Morgan fingerprint density at radius 1 is 0.480 bits per heavy atom. The second-order valence-electron chi connectivity index (χ2n) is 37.6. The van der Waals surface area contributed by atoms with Gasteiger partial charge in [-0.05, 0) is 137 Å². The Labute approximate surface area is 880 Å². The monoisotopic (exact) mass is 2160 g/mol. The molecule has 7 rings (SSSR count). The summed E-state index contributed by atoms with van der Waals surface area (Å²) in [5.41, 5.74) is 41.6. The summed E-state index contributed by atoms with van der Waals surface area (Å²) in [7, 11) is 0. The first-order valence-corrected chi connectivity index (χ1v) is 53.2. The highest BCUT2D eigenvalue weighted by Gasteiger charge is 2.44. The number of rotatable bonds is 38. The Hall–Kier alpha value is -14.3. The summed E-state index contributed by atoms with van der Waals surface area (Å²) in [6, 6.07) is -10.6. The summed E-state index contributed by atoms with van der Waals surface area (Å²) in [4.78, 5) is 276. The normalized spacial score (nSPS) is 22.2. The predicted molar refractivity (Wildman–Crippen MR) is 560 cm³/mol. The number of carboxylic acid groups (broad SMARTS) is 1. The lowest BCUT2D eigenvalue weighted by Crippen LogP contribution is -2.61. The molecule has 0 spiro atoms. The summed E-state index contributed by atoms with van der Waals surface area (Å²) in [6.45, 7) is 5.20. The van der Waals surface area contributed by atoms with Crippen LogP contribution in [0.5, 0.6) is 0 Å². The van der Waals surface area contributed by atoms with E-state index in [-0.39, 0.29) is 176 Å². The number of fused-ring (bicyclic) bond motifs is 9. The van der Waals surface area contributed by atoms with Crippen LogP contribution in [0.2, 0.25) is 0 Å². The minimum absolute atomic E-state index is 0.0000760. The van der Waals surface area contributed by atoms with E-state index in [4.69, 9.17) is 67.2 Å². The number of carbonyl (C=O) groups excluding carboxylic acids is 17. The van der Waals surface area contributed by atoms with Crippen molar-refractivity contribution in [3.05, 3.63) is 71.7 Å². The summed E-state index contributed by atoms with van der Waals surface area (Å²) in [5.74, 6) is -23.0. The molecule has 5 heterocycles. The zero-order chi connectivity index (χ0) is 110. The molecular formula is C93H147FN34O19S3. The van der Waals surface area contributed by atoms with E-state index < -0.39 is 297 Å². The number of hydrogen-bond acceptors (Lipinski definition) is 27. The first-order valence-electron chi connectivity index (χ1n) is 49.7. The molecule has 17 amide bonds. The van der Waals surface area contributed by atoms with E-state index in [0.29, 0.717) is 16.5 Å². The molecule has 2 aromatic carbocycles. The Kier molecular flexibility index (Phi) is 51.4. The van der Waals surface area contributed by atoms with Crippen molar-refractivity contribution >= 4 is 182 Å². The lowest BCUT2D eigenvalue weighted by molar-refractivity contribution is -0.158. The number of carboxylic acids is 1. The predicted octanol–water partition coefficient (Wildman–Crippen LogP) is -6.24. The molecule has 3 aromatic rings. The van der Waals surface area contributed by atoms with Gasteiger partial charge in [0.1, 0.15) is 84.4 Å². The number of halogens is 1. The average Bonchev–Trinajstić information content (AvgIpc) is 1.65. The minimum atomic E-state index is -1.79. The van der Waals surface area contributed by atoms with Crippen LogP contribution in [-0.2, 0) is 99.1 Å². The van der Waals surface area contributed by atoms with Gasteiger partial charge in [0, 0.05) is 129 Å². The highest BCUT2D eigenvalue weighted by Crippen LogP contribution is 2.26. The zero-order valence-electron chi connectivity index (χ0n) is 84.6. The molecule has 0 saturated carbocycles. The van der Waals surface area contributed by atoms with E-state index in [1.807, 2.05) is 0 Å². The van der Waals surface area contributed by atoms with Crippen molar-refractivity contribution in [3.63, 3.8) is 0 Å². The fourth-order valence-corrected chi connectivity index (χ4v) is 19.6. The molecule has 14 atom stereocenters. The molecule has 0 unspecified atom stereocenters. The van der Waals surface area contributed by atoms with Crippen molar-refractivity contribution in [2.45, 2.75) is 247 Å². The minimum Gasteiger partial charge on any atom is -0.480 e. The summed E-state index contributed by atoms with van der Waals surface area (Å²) in [6.07, 6.45) is -2.63. The van der Waals surface area contributed by atoms with Crippen molar-refractivity contribution in [3.8, 4) is 0 Å². The number of para-hydroxylation sites is 1. The van der Waals surface area contributed by atoms with Crippen LogP contribution in [0.3, 0.4) is 0 Å². The maximum atomic E-state index is 15.5. The third kappa shape index (κ3) is 42.8. The van der Waals surface area contributed by atoms with Gasteiger partial charge in [-0.25, -0.2) is 9.18 Å². The van der Waals surface area contributed by atoms with Gasteiger partial charge in [0.2, 0.25) is 100 Å². The van der Waals surface area contributed by atoms with E-state index in [1.54, 1.807) is 58.2 Å². The van der Waals surface area contributed by atoms with Crippen molar-refractivity contribution in [1.82, 2.24) is 115 Å². The Bertz CT molecular complexity index is 5220. The third-order valence-electron chi connectivity index (χ3n) is 24.5. The number of guanidine groups is 5. The molecule has 0 radical (unpaired) electrons. The smallest absolute Gasteiger partial charge is 0.326 e. The van der Waals surface area contributed by atoms with Gasteiger partial charge in [-0.1, -0.05) is 58.0 Å². The van der Waals surface area contributed by atoms with Crippen LogP contribution in [0, 0.1) is 44.7 Å².